The second-order valence-electron chi connectivity index (χ2n) is 27.4. The van der Waals surface area contributed by atoms with Crippen molar-refractivity contribution in [2.45, 2.75) is 119 Å². The number of rotatable bonds is 16. The molecular weight excluding hydrogens is 1330 g/mol. The van der Waals surface area contributed by atoms with E-state index in [9.17, 15) is 38.1 Å². The molecule has 0 amide bonds. The second kappa shape index (κ2) is 29.6. The molecule has 0 spiro atoms. The largest absolute Gasteiger partial charge is 0.490 e. The van der Waals surface area contributed by atoms with Gasteiger partial charge in [-0.3, -0.25) is 0 Å². The number of benzene rings is 6. The molecule has 3 atom stereocenters. The number of carbonyl (C=O) groups is 3. The Balaban J connectivity index is 0.000000138. The van der Waals surface area contributed by atoms with Gasteiger partial charge in [-0.15, -0.1) is 0 Å². The molecule has 534 valence electrons. The predicted octanol–water partition coefficient (Wildman–Crippen LogP) is 17.7. The van der Waals surface area contributed by atoms with Gasteiger partial charge in [-0.2, -0.15) is 0 Å². The van der Waals surface area contributed by atoms with Crippen LogP contribution in [0.2, 0.25) is 0 Å². The molecule has 6 aromatic carbocycles. The fourth-order valence-electron chi connectivity index (χ4n) is 14.7. The molecule has 6 aromatic heterocycles. The fourth-order valence-corrected chi connectivity index (χ4v) is 15.5. The minimum absolute atomic E-state index is 0.0567. The summed E-state index contributed by atoms with van der Waals surface area (Å²) in [4.78, 5) is 51.8. The van der Waals surface area contributed by atoms with Crippen LogP contribution in [0.4, 0.5) is 0 Å². The van der Waals surface area contributed by atoms with Gasteiger partial charge in [0.15, 0.2) is 17.3 Å². The first-order chi connectivity index (χ1) is 49.4. The van der Waals surface area contributed by atoms with Crippen molar-refractivity contribution in [3.05, 3.63) is 177 Å². The van der Waals surface area contributed by atoms with E-state index in [0.29, 0.717) is 122 Å². The molecule has 21 heteroatoms. The fraction of sp³-hybridized carbons (Fsp3) is 0.341. The Labute approximate surface area is 596 Å². The first-order valence-corrected chi connectivity index (χ1v) is 36.9. The average molecular weight is 1410 g/mol. The maximum atomic E-state index is 12.5. The molecule has 9 heterocycles. The van der Waals surface area contributed by atoms with E-state index in [1.165, 1.54) is 10.6 Å². The van der Waals surface area contributed by atoms with Gasteiger partial charge < -0.3 is 52.3 Å². The van der Waals surface area contributed by atoms with Crippen LogP contribution in [0.5, 0.6) is 17.2 Å². The number of ether oxygens (including phenoxy) is 5. The number of sulfonamides is 1. The molecule has 3 N–H and O–H groups in total. The summed E-state index contributed by atoms with van der Waals surface area (Å²) in [6.45, 7) is 21.5. The van der Waals surface area contributed by atoms with E-state index < -0.39 is 27.9 Å². The Morgan fingerprint density at radius 2 is 0.718 bits per heavy atom. The molecule has 12 aromatic rings. The highest BCUT2D eigenvalue weighted by Crippen LogP contribution is 2.43. The third-order valence-corrected chi connectivity index (χ3v) is 22.0. The van der Waals surface area contributed by atoms with Crippen molar-refractivity contribution in [3.63, 3.8) is 0 Å². The van der Waals surface area contributed by atoms with Crippen LogP contribution >= 0.6 is 0 Å². The van der Waals surface area contributed by atoms with E-state index in [1.54, 1.807) is 24.3 Å². The van der Waals surface area contributed by atoms with E-state index in [-0.39, 0.29) is 40.9 Å². The van der Waals surface area contributed by atoms with Gasteiger partial charge in [-0.25, -0.2) is 42.1 Å². The summed E-state index contributed by atoms with van der Waals surface area (Å²) in [5.41, 5.74) is 11.3. The third-order valence-electron chi connectivity index (χ3n) is 20.7. The van der Waals surface area contributed by atoms with E-state index in [1.807, 2.05) is 165 Å². The SMILES string of the molecule is Cc1c(-c2cc(C(=O)O)c3c(O[C@@H](C)C4CCOCC4)ccc(C)c3n2)oc2ccccc12.Cc1c(-c2cc(C(=O)O)c3c(O[C@H](C)C4CCN(S(C)(=O)=O)CC4)ccc(C)c3n2)oc2ccccc12.Cc1c(-c2cc(C(=O)O)c3c(O[C@H](C)C4CCOCC4)ccc(C)c3n2)oc2ccccc12. The summed E-state index contributed by atoms with van der Waals surface area (Å²) in [5, 5.41) is 34.9. The average Bonchev–Trinajstić information content (AvgIpc) is 1.74. The number of furan rings is 3. The first kappa shape index (κ1) is 71.2. The number of para-hydroxylation sites is 3. The number of nitrogens with zero attached hydrogens (tertiary/aromatic N) is 4. The minimum Gasteiger partial charge on any atom is -0.490 e. The van der Waals surface area contributed by atoms with E-state index in [4.69, 9.17) is 51.9 Å². The smallest absolute Gasteiger partial charge is 0.336 e. The number of aromatic carboxylic acids is 3. The summed E-state index contributed by atoms with van der Waals surface area (Å²) < 4.78 is 73.5. The number of carboxylic acids is 3. The highest BCUT2D eigenvalue weighted by molar-refractivity contribution is 7.88. The van der Waals surface area contributed by atoms with Gasteiger partial charge in [0.25, 0.3) is 0 Å². The Hall–Kier alpha value is -10.2. The van der Waals surface area contributed by atoms with E-state index >= 15 is 0 Å². The normalized spacial score (nSPS) is 15.9. The number of hydrogen-bond donors (Lipinski definition) is 3. The van der Waals surface area contributed by atoms with Crippen LogP contribution in [0.1, 0.15) is 124 Å². The minimum atomic E-state index is -3.21. The van der Waals surface area contributed by atoms with Gasteiger partial charge in [-0.05, 0) is 190 Å². The zero-order valence-corrected chi connectivity index (χ0v) is 60.2. The zero-order valence-electron chi connectivity index (χ0n) is 59.4. The van der Waals surface area contributed by atoms with E-state index in [2.05, 4.69) is 0 Å². The maximum Gasteiger partial charge on any atom is 0.336 e. The zero-order chi connectivity index (χ0) is 72.7. The molecule has 0 unspecified atom stereocenters. The van der Waals surface area contributed by atoms with Crippen LogP contribution in [0.25, 0.3) is 100.0 Å². The number of piperidine rings is 1. The van der Waals surface area contributed by atoms with Crippen molar-refractivity contribution < 1.29 is 75.1 Å². The van der Waals surface area contributed by atoms with Crippen molar-refractivity contribution in [1.29, 1.82) is 0 Å². The Morgan fingerprint density at radius 3 is 0.990 bits per heavy atom. The lowest BCUT2D eigenvalue weighted by atomic mass is 9.93. The van der Waals surface area contributed by atoms with Gasteiger partial charge in [0.2, 0.25) is 10.0 Å². The lowest BCUT2D eigenvalue weighted by Crippen LogP contribution is -2.41. The Bertz CT molecular complexity index is 5160. The van der Waals surface area contributed by atoms with Crippen LogP contribution in [0, 0.1) is 59.3 Å². The second-order valence-corrected chi connectivity index (χ2v) is 29.4. The molecule has 15 rings (SSSR count). The van der Waals surface area contributed by atoms with Crippen LogP contribution in [0.15, 0.2) is 141 Å². The first-order valence-electron chi connectivity index (χ1n) is 35.0. The lowest BCUT2D eigenvalue weighted by Gasteiger charge is -2.33. The highest BCUT2D eigenvalue weighted by Gasteiger charge is 2.33. The van der Waals surface area contributed by atoms with Gasteiger partial charge >= 0.3 is 17.9 Å². The van der Waals surface area contributed by atoms with Gasteiger partial charge in [-0.1, -0.05) is 72.8 Å². The number of aryl methyl sites for hydroxylation is 6. The summed E-state index contributed by atoms with van der Waals surface area (Å²) in [6, 6.07) is 39.2. The molecule has 0 bridgehead atoms. The third kappa shape index (κ3) is 14.5. The van der Waals surface area contributed by atoms with Crippen molar-refractivity contribution >= 4 is 93.5 Å². The number of pyridine rings is 3. The van der Waals surface area contributed by atoms with Crippen LogP contribution in [-0.4, -0.2) is 125 Å². The van der Waals surface area contributed by atoms with Crippen molar-refractivity contribution in [2.75, 3.05) is 45.8 Å². The highest BCUT2D eigenvalue weighted by atomic mass is 32.2. The van der Waals surface area contributed by atoms with Crippen molar-refractivity contribution in [1.82, 2.24) is 19.3 Å². The number of carboxylic acid groups (broad SMARTS) is 3. The molecule has 103 heavy (non-hydrogen) atoms. The molecule has 3 aliphatic heterocycles. The summed E-state index contributed by atoms with van der Waals surface area (Å²) >= 11 is 0. The van der Waals surface area contributed by atoms with Crippen LogP contribution in [0.3, 0.4) is 0 Å². The molecule has 3 fully saturated rings. The maximum absolute atomic E-state index is 12.5. The van der Waals surface area contributed by atoms with Gasteiger partial charge in [0.05, 0.1) is 74.0 Å². The van der Waals surface area contributed by atoms with Crippen molar-refractivity contribution in [2.24, 2.45) is 17.8 Å². The molecule has 3 aliphatic rings. The summed E-state index contributed by atoms with van der Waals surface area (Å²) in [5.74, 6) is 1.03. The molecule has 0 saturated carbocycles. The van der Waals surface area contributed by atoms with E-state index in [0.717, 1.165) is 118 Å². The summed E-state index contributed by atoms with van der Waals surface area (Å²) in [6.07, 6.45) is 5.98. The van der Waals surface area contributed by atoms with Gasteiger partial charge in [0.1, 0.15) is 51.1 Å². The monoisotopic (exact) mass is 1410 g/mol. The molecule has 0 radical (unpaired) electrons. The molecule has 0 aliphatic carbocycles. The molecule has 3 saturated heterocycles. The van der Waals surface area contributed by atoms with Gasteiger partial charge in [0, 0.05) is 72.4 Å². The Morgan fingerprint density at radius 1 is 0.437 bits per heavy atom. The molecular formula is C82H84N4O16S. The molecule has 20 nitrogen and oxygen atoms in total. The number of fused-ring (bicyclic) bond motifs is 6. The standard InChI is InChI=1S/C28H30N2O6S.2C27H27NO5/c1-16-9-10-24(35-18(3)19-11-13-30(14-12-19)37(4,33)34)25-21(28(31)32)15-22(29-26(16)25)27-17(2)20-7-5-6-8-23(20)36-27;2*1-15-8-9-23(32-17(3)18-10-12-31-13-11-18)24-20(27(29)30)14-21(28-25(15)24)26-16(2)19-6-4-5-7-22(19)33-26/h5-10,15,18-19H,11-14H2,1-4H3,(H,31,32);2*4-9,14,17-18H,10-13H2,1-3H3,(H,29,30)/t18-;2*17-/m110/s1. The lowest BCUT2D eigenvalue weighted by molar-refractivity contribution is 0.0243. The van der Waals surface area contributed by atoms with Crippen molar-refractivity contribution in [3.8, 4) is 51.6 Å². The number of aromatic nitrogens is 3. The topological polar surface area (TPSA) is 274 Å². The quantitative estimate of drug-likeness (QED) is 0.0811. The summed E-state index contributed by atoms with van der Waals surface area (Å²) in [7, 11) is -3.21. The van der Waals surface area contributed by atoms with Crippen LogP contribution in [-0.2, 0) is 19.5 Å². The number of hydrogen-bond acceptors (Lipinski definition) is 16. The predicted molar refractivity (Wildman–Crippen MR) is 397 cm³/mol. The van der Waals surface area contributed by atoms with Crippen LogP contribution < -0.4 is 14.2 Å². The Kier molecular flexibility index (Phi) is 20.5.